The third-order valence-electron chi connectivity index (χ3n) is 3.13. The summed E-state index contributed by atoms with van der Waals surface area (Å²) in [5, 5.41) is 7.36. The maximum absolute atomic E-state index is 13.4. The number of hydrogen-bond acceptors (Lipinski definition) is 2. The molecule has 17 heavy (non-hydrogen) atoms. The second-order valence-electron chi connectivity index (χ2n) is 4.48. The van der Waals surface area contributed by atoms with Gasteiger partial charge in [-0.2, -0.15) is 0 Å². The summed E-state index contributed by atoms with van der Waals surface area (Å²) in [5.41, 5.74) is 0.685. The van der Waals surface area contributed by atoms with Crippen molar-refractivity contribution in [3.05, 3.63) is 34.6 Å². The van der Waals surface area contributed by atoms with Crippen molar-refractivity contribution in [2.75, 3.05) is 19.6 Å². The van der Waals surface area contributed by atoms with E-state index < -0.39 is 0 Å². The van der Waals surface area contributed by atoms with Crippen LogP contribution in [0.5, 0.6) is 0 Å². The van der Waals surface area contributed by atoms with Gasteiger partial charge in [0.1, 0.15) is 5.82 Å². The Labute approximate surface area is 107 Å². The van der Waals surface area contributed by atoms with E-state index in [1.807, 2.05) is 0 Å². The maximum atomic E-state index is 13.4. The molecule has 0 aliphatic carbocycles. The van der Waals surface area contributed by atoms with Crippen LogP contribution in [-0.2, 0) is 6.42 Å². The zero-order valence-electron chi connectivity index (χ0n) is 9.81. The average molecular weight is 257 g/mol. The van der Waals surface area contributed by atoms with Gasteiger partial charge in [0.2, 0.25) is 0 Å². The molecule has 0 saturated carbocycles. The lowest BCUT2D eigenvalue weighted by molar-refractivity contribution is 0.532. The van der Waals surface area contributed by atoms with Crippen molar-refractivity contribution in [3.63, 3.8) is 0 Å². The van der Waals surface area contributed by atoms with Crippen LogP contribution in [0, 0.1) is 5.82 Å². The summed E-state index contributed by atoms with van der Waals surface area (Å²) >= 11 is 5.84. The van der Waals surface area contributed by atoms with Crippen LogP contribution in [0.4, 0.5) is 4.39 Å². The van der Waals surface area contributed by atoms with Gasteiger partial charge in [-0.1, -0.05) is 11.6 Å². The first-order chi connectivity index (χ1) is 8.25. The van der Waals surface area contributed by atoms with Crippen LogP contribution >= 0.6 is 11.6 Å². The zero-order valence-corrected chi connectivity index (χ0v) is 10.6. The molecule has 2 rings (SSSR count). The van der Waals surface area contributed by atoms with E-state index in [4.69, 9.17) is 11.6 Å². The molecule has 0 aromatic heterocycles. The minimum absolute atomic E-state index is 0.171. The number of hydrogen-bond donors (Lipinski definition) is 2. The van der Waals surface area contributed by atoms with Crippen molar-refractivity contribution < 1.29 is 4.39 Å². The van der Waals surface area contributed by atoms with Crippen LogP contribution in [0.2, 0.25) is 5.02 Å². The summed E-state index contributed by atoms with van der Waals surface area (Å²) in [4.78, 5) is 0. The van der Waals surface area contributed by atoms with Crippen LogP contribution in [0.1, 0.15) is 18.4 Å². The summed E-state index contributed by atoms with van der Waals surface area (Å²) in [5.74, 6) is -0.171. The molecule has 1 saturated heterocycles. The molecule has 1 aliphatic heterocycles. The fourth-order valence-electron chi connectivity index (χ4n) is 2.17. The fraction of sp³-hybridized carbons (Fsp3) is 0.538. The van der Waals surface area contributed by atoms with E-state index >= 15 is 0 Å². The molecule has 0 bridgehead atoms. The molecule has 1 fully saturated rings. The van der Waals surface area contributed by atoms with Gasteiger partial charge >= 0.3 is 0 Å². The van der Waals surface area contributed by atoms with Crippen molar-refractivity contribution in [2.45, 2.75) is 25.3 Å². The molecule has 0 spiro atoms. The first-order valence-electron chi connectivity index (χ1n) is 6.14. The highest BCUT2D eigenvalue weighted by Crippen LogP contribution is 2.15. The summed E-state index contributed by atoms with van der Waals surface area (Å²) < 4.78 is 13.4. The van der Waals surface area contributed by atoms with Gasteiger partial charge in [-0.15, -0.1) is 0 Å². The number of nitrogens with one attached hydrogen (secondary N) is 2. The molecule has 1 unspecified atom stereocenters. The lowest BCUT2D eigenvalue weighted by Gasteiger charge is -2.11. The van der Waals surface area contributed by atoms with E-state index in [-0.39, 0.29) is 5.82 Å². The van der Waals surface area contributed by atoms with Gasteiger partial charge in [0.25, 0.3) is 0 Å². The molecule has 0 radical (unpaired) electrons. The highest BCUT2D eigenvalue weighted by atomic mass is 35.5. The number of rotatable bonds is 5. The fourth-order valence-corrected chi connectivity index (χ4v) is 2.36. The third kappa shape index (κ3) is 3.95. The van der Waals surface area contributed by atoms with Gasteiger partial charge in [-0.05, 0) is 56.1 Å². The maximum Gasteiger partial charge on any atom is 0.126 e. The van der Waals surface area contributed by atoms with Crippen molar-refractivity contribution in [1.29, 1.82) is 0 Å². The molecule has 1 atom stereocenters. The summed E-state index contributed by atoms with van der Waals surface area (Å²) in [6.07, 6.45) is 3.17. The molecule has 2 N–H and O–H groups in total. The van der Waals surface area contributed by atoms with E-state index in [2.05, 4.69) is 10.6 Å². The zero-order chi connectivity index (χ0) is 12.1. The normalized spacial score (nSPS) is 19.8. The van der Waals surface area contributed by atoms with Crippen LogP contribution in [0.15, 0.2) is 18.2 Å². The van der Waals surface area contributed by atoms with Crippen molar-refractivity contribution in [3.8, 4) is 0 Å². The van der Waals surface area contributed by atoms with Gasteiger partial charge in [0.15, 0.2) is 0 Å². The molecule has 1 aromatic carbocycles. The first kappa shape index (κ1) is 12.8. The summed E-state index contributed by atoms with van der Waals surface area (Å²) in [7, 11) is 0. The molecule has 4 heteroatoms. The molecular formula is C13H18ClFN2. The predicted molar refractivity (Wildman–Crippen MR) is 69.0 cm³/mol. The van der Waals surface area contributed by atoms with Gasteiger partial charge in [-0.3, -0.25) is 0 Å². The first-order valence-corrected chi connectivity index (χ1v) is 6.51. The number of halogens is 2. The molecule has 1 aromatic rings. The van der Waals surface area contributed by atoms with Crippen LogP contribution < -0.4 is 10.6 Å². The largest absolute Gasteiger partial charge is 0.315 e. The van der Waals surface area contributed by atoms with Crippen LogP contribution in [0.25, 0.3) is 0 Å². The summed E-state index contributed by atoms with van der Waals surface area (Å²) in [6, 6.07) is 5.29. The predicted octanol–water partition coefficient (Wildman–Crippen LogP) is 2.36. The van der Waals surface area contributed by atoms with Crippen molar-refractivity contribution in [1.82, 2.24) is 10.6 Å². The highest BCUT2D eigenvalue weighted by Gasteiger charge is 2.12. The minimum Gasteiger partial charge on any atom is -0.315 e. The molecule has 1 aliphatic rings. The van der Waals surface area contributed by atoms with Crippen LogP contribution in [0.3, 0.4) is 0 Å². The molecule has 2 nitrogen and oxygen atoms in total. The Morgan fingerprint density at radius 2 is 2.35 bits per heavy atom. The van der Waals surface area contributed by atoms with Crippen molar-refractivity contribution >= 4 is 11.6 Å². The lowest BCUT2D eigenvalue weighted by Crippen LogP contribution is -2.34. The topological polar surface area (TPSA) is 24.1 Å². The quantitative estimate of drug-likeness (QED) is 0.791. The monoisotopic (exact) mass is 256 g/mol. The van der Waals surface area contributed by atoms with E-state index in [0.29, 0.717) is 23.0 Å². The molecule has 94 valence electrons. The second kappa shape index (κ2) is 6.34. The van der Waals surface area contributed by atoms with Gasteiger partial charge in [0.05, 0.1) is 0 Å². The Kier molecular flexibility index (Phi) is 4.77. The Morgan fingerprint density at radius 3 is 3.12 bits per heavy atom. The SMILES string of the molecule is Fc1ccc(Cl)cc1CCNCC1CCCN1. The third-order valence-corrected chi connectivity index (χ3v) is 3.37. The van der Waals surface area contributed by atoms with Crippen LogP contribution in [-0.4, -0.2) is 25.7 Å². The highest BCUT2D eigenvalue weighted by molar-refractivity contribution is 6.30. The molecule has 0 amide bonds. The Bertz CT molecular complexity index is 364. The van der Waals surface area contributed by atoms with E-state index in [0.717, 1.165) is 19.6 Å². The minimum atomic E-state index is -0.171. The lowest BCUT2D eigenvalue weighted by atomic mass is 10.1. The smallest absolute Gasteiger partial charge is 0.126 e. The Balaban J connectivity index is 1.72. The van der Waals surface area contributed by atoms with Gasteiger partial charge < -0.3 is 10.6 Å². The van der Waals surface area contributed by atoms with Gasteiger partial charge in [-0.25, -0.2) is 4.39 Å². The molecular weight excluding hydrogens is 239 g/mol. The van der Waals surface area contributed by atoms with Gasteiger partial charge in [0, 0.05) is 17.6 Å². The van der Waals surface area contributed by atoms with Crippen molar-refractivity contribution in [2.24, 2.45) is 0 Å². The standard InChI is InChI=1S/C13H18ClFN2/c14-11-3-4-13(15)10(8-11)5-7-16-9-12-2-1-6-17-12/h3-4,8,12,16-17H,1-2,5-7,9H2. The number of benzene rings is 1. The average Bonchev–Trinajstić information content (AvgIpc) is 2.82. The Morgan fingerprint density at radius 1 is 1.47 bits per heavy atom. The van der Waals surface area contributed by atoms with E-state index in [1.54, 1.807) is 12.1 Å². The summed E-state index contributed by atoms with van der Waals surface area (Å²) in [6.45, 7) is 2.87. The van der Waals surface area contributed by atoms with E-state index in [9.17, 15) is 4.39 Å². The second-order valence-corrected chi connectivity index (χ2v) is 4.92. The van der Waals surface area contributed by atoms with E-state index in [1.165, 1.54) is 18.9 Å². The Hall–Kier alpha value is -0.640. The molecule has 1 heterocycles.